The van der Waals surface area contributed by atoms with Gasteiger partial charge < -0.3 is 15.5 Å². The Balaban J connectivity index is 1.96. The molecule has 1 fully saturated rings. The number of carbonyl (C=O) groups is 1. The number of fused-ring (bicyclic) bond motifs is 1. The molecule has 0 bridgehead atoms. The minimum Gasteiger partial charge on any atom is -0.398 e. The molecule has 1 aliphatic heterocycles. The maximum Gasteiger partial charge on any atom is 0.219 e. The Morgan fingerprint density at radius 2 is 1.90 bits per heavy atom. The number of piperazine rings is 1. The number of rotatable bonds is 1. The van der Waals surface area contributed by atoms with Crippen molar-refractivity contribution in [2.24, 2.45) is 0 Å². The van der Waals surface area contributed by atoms with Crippen molar-refractivity contribution in [1.82, 2.24) is 9.88 Å². The summed E-state index contributed by atoms with van der Waals surface area (Å²) in [7, 11) is 0. The minimum absolute atomic E-state index is 0.139. The summed E-state index contributed by atoms with van der Waals surface area (Å²) in [5.74, 6) is 1.10. The van der Waals surface area contributed by atoms with Gasteiger partial charge in [0.1, 0.15) is 5.82 Å². The van der Waals surface area contributed by atoms with Crippen LogP contribution in [0.3, 0.4) is 0 Å². The zero-order chi connectivity index (χ0) is 15.0. The normalized spacial score (nSPS) is 15.5. The van der Waals surface area contributed by atoms with Crippen LogP contribution in [0.25, 0.3) is 10.8 Å². The lowest BCUT2D eigenvalue weighted by Crippen LogP contribution is -2.48. The second-order valence-electron chi connectivity index (χ2n) is 5.58. The summed E-state index contributed by atoms with van der Waals surface area (Å²) in [5, 5.41) is 2.13. The minimum atomic E-state index is 0.139. The Kier molecular flexibility index (Phi) is 3.41. The number of benzene rings is 1. The first-order valence-corrected chi connectivity index (χ1v) is 7.21. The van der Waals surface area contributed by atoms with Crippen LogP contribution in [0.4, 0.5) is 11.5 Å². The van der Waals surface area contributed by atoms with Gasteiger partial charge in [-0.2, -0.15) is 0 Å². The van der Waals surface area contributed by atoms with E-state index in [0.717, 1.165) is 54.0 Å². The summed E-state index contributed by atoms with van der Waals surface area (Å²) in [6.45, 7) is 6.76. The van der Waals surface area contributed by atoms with E-state index in [1.165, 1.54) is 0 Å². The molecule has 21 heavy (non-hydrogen) atoms. The van der Waals surface area contributed by atoms with Crippen LogP contribution < -0.4 is 10.6 Å². The van der Waals surface area contributed by atoms with E-state index < -0.39 is 0 Å². The van der Waals surface area contributed by atoms with Crippen molar-refractivity contribution in [1.29, 1.82) is 0 Å². The molecule has 2 N–H and O–H groups in total. The monoisotopic (exact) mass is 284 g/mol. The van der Waals surface area contributed by atoms with Gasteiger partial charge in [0.25, 0.3) is 0 Å². The van der Waals surface area contributed by atoms with E-state index >= 15 is 0 Å². The lowest BCUT2D eigenvalue weighted by molar-refractivity contribution is -0.129. The van der Waals surface area contributed by atoms with Gasteiger partial charge in [-0.15, -0.1) is 0 Å². The van der Waals surface area contributed by atoms with Gasteiger partial charge in [-0.1, -0.05) is 0 Å². The summed E-state index contributed by atoms with van der Waals surface area (Å²) in [4.78, 5) is 20.1. The number of hydrogen-bond acceptors (Lipinski definition) is 4. The highest BCUT2D eigenvalue weighted by molar-refractivity contribution is 6.00. The van der Waals surface area contributed by atoms with Crippen LogP contribution in [0.5, 0.6) is 0 Å². The van der Waals surface area contributed by atoms with Crippen molar-refractivity contribution in [3.63, 3.8) is 0 Å². The number of nitrogen functional groups attached to an aromatic ring is 1. The molecule has 0 aliphatic carbocycles. The molecule has 0 unspecified atom stereocenters. The van der Waals surface area contributed by atoms with Crippen LogP contribution in [0.15, 0.2) is 24.4 Å². The third kappa shape index (κ3) is 2.51. The number of nitrogens with two attached hydrogens (primary N) is 1. The van der Waals surface area contributed by atoms with Gasteiger partial charge >= 0.3 is 0 Å². The first-order valence-electron chi connectivity index (χ1n) is 7.21. The van der Waals surface area contributed by atoms with E-state index in [9.17, 15) is 4.79 Å². The molecule has 1 aromatic carbocycles. The van der Waals surface area contributed by atoms with Crippen molar-refractivity contribution < 1.29 is 4.79 Å². The molecule has 2 aromatic rings. The van der Waals surface area contributed by atoms with Gasteiger partial charge in [-0.3, -0.25) is 4.79 Å². The van der Waals surface area contributed by atoms with Crippen LogP contribution >= 0.6 is 0 Å². The zero-order valence-electron chi connectivity index (χ0n) is 12.5. The highest BCUT2D eigenvalue weighted by atomic mass is 16.2. The lowest BCUT2D eigenvalue weighted by atomic mass is 10.1. The number of nitrogens with zero attached hydrogens (tertiary/aromatic N) is 3. The predicted molar refractivity (Wildman–Crippen MR) is 85.4 cm³/mol. The number of pyridine rings is 1. The Labute approximate surface area is 124 Å². The lowest BCUT2D eigenvalue weighted by Gasteiger charge is -2.35. The molecule has 0 saturated carbocycles. The molecule has 0 atom stereocenters. The second kappa shape index (κ2) is 5.24. The average Bonchev–Trinajstić information content (AvgIpc) is 2.46. The van der Waals surface area contributed by atoms with Gasteiger partial charge in [0.05, 0.1) is 0 Å². The average molecular weight is 284 g/mol. The van der Waals surface area contributed by atoms with Gasteiger partial charge in [0, 0.05) is 55.8 Å². The topological polar surface area (TPSA) is 62.5 Å². The standard InChI is InChI=1S/C16H20N4O/c1-11-9-14-13(15(17)10-11)3-4-18-16(14)20-7-5-19(6-8-20)12(2)21/h3-4,9-10H,5-8,17H2,1-2H3. The highest BCUT2D eigenvalue weighted by Gasteiger charge is 2.21. The van der Waals surface area contributed by atoms with E-state index in [2.05, 4.69) is 16.0 Å². The molecule has 110 valence electrons. The number of anilines is 2. The van der Waals surface area contributed by atoms with E-state index in [0.29, 0.717) is 0 Å². The molecule has 3 rings (SSSR count). The number of hydrogen-bond donors (Lipinski definition) is 1. The number of carbonyl (C=O) groups excluding carboxylic acids is 1. The summed E-state index contributed by atoms with van der Waals surface area (Å²) in [5.41, 5.74) is 8.04. The third-order valence-corrected chi connectivity index (χ3v) is 4.06. The van der Waals surface area contributed by atoms with Gasteiger partial charge in [0.15, 0.2) is 0 Å². The van der Waals surface area contributed by atoms with Gasteiger partial charge in [0.2, 0.25) is 5.91 Å². The smallest absolute Gasteiger partial charge is 0.219 e. The fourth-order valence-corrected chi connectivity index (χ4v) is 2.93. The Morgan fingerprint density at radius 1 is 1.19 bits per heavy atom. The van der Waals surface area contributed by atoms with Gasteiger partial charge in [-0.25, -0.2) is 4.98 Å². The van der Waals surface area contributed by atoms with Gasteiger partial charge in [-0.05, 0) is 30.7 Å². The molecular formula is C16H20N4O. The van der Waals surface area contributed by atoms with E-state index in [4.69, 9.17) is 5.73 Å². The molecule has 2 heterocycles. The summed E-state index contributed by atoms with van der Waals surface area (Å²) in [6, 6.07) is 6.07. The fourth-order valence-electron chi connectivity index (χ4n) is 2.93. The van der Waals surface area contributed by atoms with Crippen LogP contribution in [-0.2, 0) is 4.79 Å². The molecule has 0 radical (unpaired) electrons. The van der Waals surface area contributed by atoms with E-state index in [1.54, 1.807) is 13.1 Å². The summed E-state index contributed by atoms with van der Waals surface area (Å²) in [6.07, 6.45) is 1.81. The first-order chi connectivity index (χ1) is 10.1. The molecular weight excluding hydrogens is 264 g/mol. The Hall–Kier alpha value is -2.30. The predicted octanol–water partition coefficient (Wildman–Crippen LogP) is 1.79. The van der Waals surface area contributed by atoms with Crippen molar-refractivity contribution >= 4 is 28.2 Å². The maximum absolute atomic E-state index is 11.4. The van der Waals surface area contributed by atoms with Crippen LogP contribution in [-0.4, -0.2) is 42.0 Å². The molecule has 1 amide bonds. The van der Waals surface area contributed by atoms with Crippen LogP contribution in [0.1, 0.15) is 12.5 Å². The van der Waals surface area contributed by atoms with E-state index in [-0.39, 0.29) is 5.91 Å². The number of amides is 1. The number of aromatic nitrogens is 1. The largest absolute Gasteiger partial charge is 0.398 e. The first kappa shape index (κ1) is 13.7. The molecule has 5 heteroatoms. The van der Waals surface area contributed by atoms with Crippen molar-refractivity contribution in [2.75, 3.05) is 36.8 Å². The number of aryl methyl sites for hydroxylation is 1. The quantitative estimate of drug-likeness (QED) is 0.811. The Morgan fingerprint density at radius 3 is 2.57 bits per heavy atom. The maximum atomic E-state index is 11.4. The SMILES string of the molecule is CC(=O)N1CCN(c2nccc3c(N)cc(C)cc23)CC1. The Bertz CT molecular complexity index is 690. The summed E-state index contributed by atoms with van der Waals surface area (Å²) < 4.78 is 0. The highest BCUT2D eigenvalue weighted by Crippen LogP contribution is 2.30. The van der Waals surface area contributed by atoms with E-state index in [1.807, 2.05) is 24.0 Å². The van der Waals surface area contributed by atoms with Crippen molar-refractivity contribution in [3.05, 3.63) is 30.0 Å². The van der Waals surface area contributed by atoms with Crippen LogP contribution in [0.2, 0.25) is 0 Å². The summed E-state index contributed by atoms with van der Waals surface area (Å²) >= 11 is 0. The van der Waals surface area contributed by atoms with Crippen LogP contribution in [0, 0.1) is 6.92 Å². The molecule has 1 aliphatic rings. The van der Waals surface area contributed by atoms with Crippen molar-refractivity contribution in [3.8, 4) is 0 Å². The third-order valence-electron chi connectivity index (χ3n) is 4.06. The molecule has 0 spiro atoms. The zero-order valence-corrected chi connectivity index (χ0v) is 12.5. The van der Waals surface area contributed by atoms with Crippen molar-refractivity contribution in [2.45, 2.75) is 13.8 Å². The second-order valence-corrected chi connectivity index (χ2v) is 5.58. The fraction of sp³-hybridized carbons (Fsp3) is 0.375. The molecule has 5 nitrogen and oxygen atoms in total. The molecule has 1 saturated heterocycles. The molecule has 1 aromatic heterocycles.